The number of aromatic nitrogens is 1. The number of nitrogens with zero attached hydrogens (tertiary/aromatic N) is 4. The van der Waals surface area contributed by atoms with Crippen LogP contribution in [-0.4, -0.2) is 22.9 Å². The van der Waals surface area contributed by atoms with Crippen LogP contribution < -0.4 is 15.9 Å². The number of fused-ring (bicyclic) bond motifs is 3. The van der Waals surface area contributed by atoms with E-state index < -0.39 is 0 Å². The summed E-state index contributed by atoms with van der Waals surface area (Å²) in [6.07, 6.45) is 3.47. The number of hydrogen-bond donors (Lipinski definition) is 2. The van der Waals surface area contributed by atoms with E-state index in [1.165, 1.54) is 0 Å². The lowest BCUT2D eigenvalue weighted by Crippen LogP contribution is -2.32. The average Bonchev–Trinajstić information content (AvgIpc) is 3.19. The summed E-state index contributed by atoms with van der Waals surface area (Å²) in [7, 11) is 1.65. The number of anilines is 1. The Labute approximate surface area is 152 Å². The van der Waals surface area contributed by atoms with Crippen molar-refractivity contribution >= 4 is 18.2 Å². The van der Waals surface area contributed by atoms with Gasteiger partial charge in [0, 0.05) is 17.5 Å². The summed E-state index contributed by atoms with van der Waals surface area (Å²) in [5.41, 5.74) is 16.3. The molecule has 0 bridgehead atoms. The topological polar surface area (TPSA) is 91.6 Å². The highest BCUT2D eigenvalue weighted by Gasteiger charge is 2.36. The Balaban J connectivity index is 2.09. The van der Waals surface area contributed by atoms with Gasteiger partial charge >= 0.3 is 0 Å². The van der Waals surface area contributed by atoms with Gasteiger partial charge in [0.25, 0.3) is 0 Å². The molecule has 1 atom stereocenters. The van der Waals surface area contributed by atoms with E-state index in [9.17, 15) is 5.26 Å². The second kappa shape index (κ2) is 5.56. The predicted molar refractivity (Wildman–Crippen MR) is 101 cm³/mol. The molecular formula is C19H20N6O. The Morgan fingerprint density at radius 2 is 2.04 bits per heavy atom. The van der Waals surface area contributed by atoms with Crippen LogP contribution in [0, 0.1) is 25.2 Å². The number of rotatable bonds is 2. The van der Waals surface area contributed by atoms with Gasteiger partial charge < -0.3 is 19.9 Å². The molecule has 0 spiro atoms. The first-order valence-electron chi connectivity index (χ1n) is 8.33. The van der Waals surface area contributed by atoms with E-state index in [1.54, 1.807) is 13.4 Å². The van der Waals surface area contributed by atoms with Gasteiger partial charge in [-0.25, -0.2) is 0 Å². The van der Waals surface area contributed by atoms with E-state index >= 15 is 0 Å². The second-order valence-corrected chi connectivity index (χ2v) is 6.54. The Morgan fingerprint density at radius 3 is 2.73 bits per heavy atom. The van der Waals surface area contributed by atoms with Crippen molar-refractivity contribution in [1.29, 1.82) is 5.26 Å². The molecule has 26 heavy (non-hydrogen) atoms. The van der Waals surface area contributed by atoms with Crippen LogP contribution in [0.4, 0.5) is 5.69 Å². The number of nitrogens with two attached hydrogens (primary N) is 1. The van der Waals surface area contributed by atoms with Crippen molar-refractivity contribution in [3.63, 3.8) is 0 Å². The SMILES string of the molecule is COc1ccc(C)c(-c2c(N)c(C#N)n3c2C2NN=CN2C(C)=C3)c1C. The van der Waals surface area contributed by atoms with Gasteiger partial charge in [-0.15, -0.1) is 0 Å². The summed E-state index contributed by atoms with van der Waals surface area (Å²) >= 11 is 0. The molecule has 7 nitrogen and oxygen atoms in total. The fourth-order valence-corrected chi connectivity index (χ4v) is 3.88. The second-order valence-electron chi connectivity index (χ2n) is 6.54. The van der Waals surface area contributed by atoms with Crippen molar-refractivity contribution in [2.24, 2.45) is 5.10 Å². The Hall–Kier alpha value is -3.40. The van der Waals surface area contributed by atoms with Gasteiger partial charge in [0.15, 0.2) is 6.17 Å². The standard InChI is InChI=1S/C19H20N6O/c1-10-5-6-14(26-4)12(3)15(10)16-17(21)13(7-20)24-8-11(2)25-9-22-23-19(25)18(16)24/h5-6,8-9,19,23H,21H2,1-4H3. The number of benzene rings is 1. The van der Waals surface area contributed by atoms with Gasteiger partial charge in [-0.05, 0) is 43.5 Å². The zero-order valence-corrected chi connectivity index (χ0v) is 15.2. The molecule has 2 aromatic rings. The first-order valence-corrected chi connectivity index (χ1v) is 8.33. The van der Waals surface area contributed by atoms with Crippen LogP contribution in [0.5, 0.6) is 5.75 Å². The van der Waals surface area contributed by atoms with Crippen LogP contribution in [0.25, 0.3) is 17.3 Å². The van der Waals surface area contributed by atoms with Gasteiger partial charge in [0.05, 0.1) is 18.5 Å². The number of allylic oxidation sites excluding steroid dienone is 1. The molecule has 0 saturated heterocycles. The van der Waals surface area contributed by atoms with Crippen molar-refractivity contribution in [2.75, 3.05) is 12.8 Å². The van der Waals surface area contributed by atoms with Gasteiger partial charge in [-0.1, -0.05) is 6.07 Å². The Kier molecular flexibility index (Phi) is 3.44. The molecule has 0 saturated carbocycles. The molecule has 0 amide bonds. The zero-order valence-electron chi connectivity index (χ0n) is 15.2. The Morgan fingerprint density at radius 1 is 1.27 bits per heavy atom. The smallest absolute Gasteiger partial charge is 0.162 e. The molecule has 3 heterocycles. The lowest BCUT2D eigenvalue weighted by atomic mass is 9.92. The number of nitrogen functional groups attached to an aromatic ring is 1. The van der Waals surface area contributed by atoms with E-state index in [0.717, 1.165) is 39.4 Å². The number of hydrogen-bond acceptors (Lipinski definition) is 6. The maximum atomic E-state index is 9.73. The first kappa shape index (κ1) is 16.1. The van der Waals surface area contributed by atoms with Crippen molar-refractivity contribution in [3.05, 3.63) is 40.3 Å². The quantitative estimate of drug-likeness (QED) is 0.871. The maximum absolute atomic E-state index is 9.73. The van der Waals surface area contributed by atoms with E-state index in [1.807, 2.05) is 48.6 Å². The van der Waals surface area contributed by atoms with Gasteiger partial charge in [0.1, 0.15) is 23.9 Å². The van der Waals surface area contributed by atoms with Crippen LogP contribution in [0.2, 0.25) is 0 Å². The molecule has 4 rings (SSSR count). The number of nitriles is 1. The zero-order chi connectivity index (χ0) is 18.6. The van der Waals surface area contributed by atoms with E-state index in [2.05, 4.69) is 16.6 Å². The first-order chi connectivity index (χ1) is 12.5. The van der Waals surface area contributed by atoms with E-state index in [-0.39, 0.29) is 6.17 Å². The lowest BCUT2D eigenvalue weighted by molar-refractivity contribution is 0.352. The van der Waals surface area contributed by atoms with Gasteiger partial charge in [-0.2, -0.15) is 10.4 Å². The monoisotopic (exact) mass is 348 g/mol. The maximum Gasteiger partial charge on any atom is 0.162 e. The highest BCUT2D eigenvalue weighted by Crippen LogP contribution is 2.46. The number of ether oxygens (including phenoxy) is 1. The normalized spacial score (nSPS) is 17.3. The molecular weight excluding hydrogens is 328 g/mol. The van der Waals surface area contributed by atoms with Crippen LogP contribution in [0.1, 0.15) is 35.6 Å². The minimum Gasteiger partial charge on any atom is -0.496 e. The third-order valence-corrected chi connectivity index (χ3v) is 5.12. The average molecular weight is 348 g/mol. The van der Waals surface area contributed by atoms with Crippen molar-refractivity contribution in [1.82, 2.24) is 14.9 Å². The Bertz CT molecular complexity index is 1020. The van der Waals surface area contributed by atoms with Crippen molar-refractivity contribution in [3.8, 4) is 22.9 Å². The molecule has 0 fully saturated rings. The molecule has 2 aliphatic heterocycles. The number of aryl methyl sites for hydroxylation is 1. The van der Waals surface area contributed by atoms with Gasteiger partial charge in [-0.3, -0.25) is 5.43 Å². The minimum absolute atomic E-state index is 0.204. The molecule has 7 heteroatoms. The summed E-state index contributed by atoms with van der Waals surface area (Å²) < 4.78 is 7.38. The van der Waals surface area contributed by atoms with Crippen LogP contribution in [0.3, 0.4) is 0 Å². The summed E-state index contributed by atoms with van der Waals surface area (Å²) in [6, 6.07) is 6.22. The molecule has 2 aliphatic rings. The lowest BCUT2D eigenvalue weighted by Gasteiger charge is -2.31. The number of hydrazone groups is 1. The van der Waals surface area contributed by atoms with Crippen LogP contribution in [-0.2, 0) is 0 Å². The fraction of sp³-hybridized carbons (Fsp3) is 0.263. The fourth-order valence-electron chi connectivity index (χ4n) is 3.88. The third-order valence-electron chi connectivity index (χ3n) is 5.12. The predicted octanol–water partition coefficient (Wildman–Crippen LogP) is 2.91. The molecule has 0 aliphatic carbocycles. The molecule has 1 unspecified atom stereocenters. The molecule has 1 aromatic heterocycles. The third kappa shape index (κ3) is 1.96. The van der Waals surface area contributed by atoms with Crippen LogP contribution >= 0.6 is 0 Å². The van der Waals surface area contributed by atoms with Crippen molar-refractivity contribution in [2.45, 2.75) is 26.9 Å². The summed E-state index contributed by atoms with van der Waals surface area (Å²) in [6.45, 7) is 6.03. The molecule has 3 N–H and O–H groups in total. The molecule has 0 radical (unpaired) electrons. The summed E-state index contributed by atoms with van der Waals surface area (Å²) in [5.74, 6) is 0.790. The highest BCUT2D eigenvalue weighted by molar-refractivity contribution is 5.89. The van der Waals surface area contributed by atoms with Gasteiger partial charge in [0.2, 0.25) is 0 Å². The highest BCUT2D eigenvalue weighted by atomic mass is 16.5. The minimum atomic E-state index is -0.204. The van der Waals surface area contributed by atoms with E-state index in [0.29, 0.717) is 11.4 Å². The summed E-state index contributed by atoms with van der Waals surface area (Å²) in [4.78, 5) is 2.03. The van der Waals surface area contributed by atoms with E-state index in [4.69, 9.17) is 10.5 Å². The molecule has 1 aromatic carbocycles. The largest absolute Gasteiger partial charge is 0.496 e. The summed E-state index contributed by atoms with van der Waals surface area (Å²) in [5, 5.41) is 13.9. The molecule has 132 valence electrons. The van der Waals surface area contributed by atoms with Crippen LogP contribution in [0.15, 0.2) is 22.9 Å². The number of methoxy groups -OCH3 is 1. The van der Waals surface area contributed by atoms with Crippen molar-refractivity contribution < 1.29 is 4.74 Å². The number of nitrogens with one attached hydrogen (secondary N) is 1.